The highest BCUT2D eigenvalue weighted by Crippen LogP contribution is 2.09. The molecule has 0 spiro atoms. The first-order valence-electron chi connectivity index (χ1n) is 5.65. The molecule has 82 valence electrons. The van der Waals surface area contributed by atoms with Crippen LogP contribution in [0.2, 0.25) is 0 Å². The van der Waals surface area contributed by atoms with E-state index in [1.807, 2.05) is 6.08 Å². The van der Waals surface area contributed by atoms with E-state index in [0.29, 0.717) is 0 Å². The Hall–Kier alpha value is -1.24. The van der Waals surface area contributed by atoms with Gasteiger partial charge < -0.3 is 4.74 Å². The molecule has 0 saturated carbocycles. The van der Waals surface area contributed by atoms with Crippen LogP contribution in [-0.2, 0) is 11.2 Å². The molecule has 1 heteroatoms. The van der Waals surface area contributed by atoms with Crippen LogP contribution >= 0.6 is 0 Å². The van der Waals surface area contributed by atoms with E-state index in [9.17, 15) is 0 Å². The van der Waals surface area contributed by atoms with Crippen LogP contribution in [0.4, 0.5) is 0 Å². The molecule has 0 fully saturated rings. The summed E-state index contributed by atoms with van der Waals surface area (Å²) in [7, 11) is 1.66. The van der Waals surface area contributed by atoms with Crippen LogP contribution in [-0.4, -0.2) is 7.11 Å². The molecule has 0 aliphatic heterocycles. The van der Waals surface area contributed by atoms with Gasteiger partial charge in [0.25, 0.3) is 0 Å². The second-order valence-electron chi connectivity index (χ2n) is 3.74. The summed E-state index contributed by atoms with van der Waals surface area (Å²) in [6.07, 6.45) is 8.77. The maximum atomic E-state index is 4.87. The Bertz CT molecular complexity index is 285. The summed E-state index contributed by atoms with van der Waals surface area (Å²) in [5.41, 5.74) is 2.62. The topological polar surface area (TPSA) is 9.23 Å². The number of unbranched alkanes of at least 4 members (excludes halogenated alkanes) is 2. The van der Waals surface area contributed by atoms with Crippen molar-refractivity contribution in [3.05, 3.63) is 41.7 Å². The molecule has 1 aromatic rings. The van der Waals surface area contributed by atoms with E-state index in [1.165, 1.54) is 36.8 Å². The number of rotatable bonds is 6. The molecule has 0 radical (unpaired) electrons. The fourth-order valence-corrected chi connectivity index (χ4v) is 1.52. The van der Waals surface area contributed by atoms with Crippen molar-refractivity contribution in [1.82, 2.24) is 0 Å². The van der Waals surface area contributed by atoms with Crippen molar-refractivity contribution < 1.29 is 4.74 Å². The van der Waals surface area contributed by atoms with E-state index in [1.54, 1.807) is 13.4 Å². The molecule has 1 rings (SSSR count). The molecule has 0 N–H and O–H groups in total. The number of benzene rings is 1. The SMILES string of the molecule is CCCCCc1ccc(C=COC)cc1. The van der Waals surface area contributed by atoms with Gasteiger partial charge in [0.2, 0.25) is 0 Å². The van der Waals surface area contributed by atoms with Gasteiger partial charge in [0.1, 0.15) is 0 Å². The lowest BCUT2D eigenvalue weighted by Gasteiger charge is -2.01. The summed E-state index contributed by atoms with van der Waals surface area (Å²) in [4.78, 5) is 0. The molecule has 0 heterocycles. The van der Waals surface area contributed by atoms with Crippen molar-refractivity contribution in [3.8, 4) is 0 Å². The Labute approximate surface area is 92.8 Å². The van der Waals surface area contributed by atoms with E-state index < -0.39 is 0 Å². The van der Waals surface area contributed by atoms with Gasteiger partial charge in [0, 0.05) is 0 Å². The van der Waals surface area contributed by atoms with Crippen molar-refractivity contribution >= 4 is 6.08 Å². The van der Waals surface area contributed by atoms with Crippen molar-refractivity contribution in [2.45, 2.75) is 32.6 Å². The average molecular weight is 204 g/mol. The van der Waals surface area contributed by atoms with Gasteiger partial charge in [0.15, 0.2) is 0 Å². The summed E-state index contributed by atoms with van der Waals surface area (Å²) in [5.74, 6) is 0. The first-order chi connectivity index (χ1) is 7.36. The smallest absolute Gasteiger partial charge is 0.0830 e. The zero-order chi connectivity index (χ0) is 10.9. The standard InChI is InChI=1S/C14H20O/c1-3-4-5-6-13-7-9-14(10-8-13)11-12-15-2/h7-12H,3-6H2,1-2H3. The maximum absolute atomic E-state index is 4.87. The average Bonchev–Trinajstić information content (AvgIpc) is 2.28. The first-order valence-corrected chi connectivity index (χ1v) is 5.65. The van der Waals surface area contributed by atoms with Crippen LogP contribution in [0.25, 0.3) is 6.08 Å². The van der Waals surface area contributed by atoms with Crippen LogP contribution in [0.5, 0.6) is 0 Å². The van der Waals surface area contributed by atoms with Crippen LogP contribution in [0.15, 0.2) is 30.5 Å². The summed E-state index contributed by atoms with van der Waals surface area (Å²) in [6, 6.07) is 8.67. The maximum Gasteiger partial charge on any atom is 0.0830 e. The number of methoxy groups -OCH3 is 1. The lowest BCUT2D eigenvalue weighted by atomic mass is 10.1. The predicted octanol–water partition coefficient (Wildman–Crippen LogP) is 4.04. The Morgan fingerprint density at radius 3 is 2.47 bits per heavy atom. The molecule has 0 saturated heterocycles. The number of ether oxygens (including phenoxy) is 1. The number of aryl methyl sites for hydroxylation is 1. The van der Waals surface area contributed by atoms with Crippen LogP contribution in [0.3, 0.4) is 0 Å². The fourth-order valence-electron chi connectivity index (χ4n) is 1.52. The molecule has 0 atom stereocenters. The first kappa shape index (κ1) is 11.8. The summed E-state index contributed by atoms with van der Waals surface area (Å²) >= 11 is 0. The molecule has 0 aliphatic rings. The predicted molar refractivity (Wildman–Crippen MR) is 65.7 cm³/mol. The van der Waals surface area contributed by atoms with Crippen LogP contribution < -0.4 is 0 Å². The van der Waals surface area contributed by atoms with Crippen molar-refractivity contribution in [1.29, 1.82) is 0 Å². The molecule has 0 unspecified atom stereocenters. The third-order valence-electron chi connectivity index (χ3n) is 2.45. The van der Waals surface area contributed by atoms with Gasteiger partial charge in [-0.15, -0.1) is 0 Å². The minimum Gasteiger partial charge on any atom is -0.504 e. The monoisotopic (exact) mass is 204 g/mol. The van der Waals surface area contributed by atoms with Gasteiger partial charge in [-0.1, -0.05) is 44.0 Å². The summed E-state index contributed by atoms with van der Waals surface area (Å²) in [5, 5.41) is 0. The number of hydrogen-bond donors (Lipinski definition) is 0. The van der Waals surface area contributed by atoms with Crippen molar-refractivity contribution in [3.63, 3.8) is 0 Å². The molecular formula is C14H20O. The van der Waals surface area contributed by atoms with Gasteiger partial charge in [-0.25, -0.2) is 0 Å². The molecule has 0 aromatic heterocycles. The summed E-state index contributed by atoms with van der Waals surface area (Å²) < 4.78 is 4.87. The fraction of sp³-hybridized carbons (Fsp3) is 0.429. The molecule has 0 amide bonds. The lowest BCUT2D eigenvalue weighted by molar-refractivity contribution is 0.341. The molecule has 0 bridgehead atoms. The molecular weight excluding hydrogens is 184 g/mol. The molecule has 0 aliphatic carbocycles. The van der Waals surface area contributed by atoms with Crippen molar-refractivity contribution in [2.75, 3.05) is 7.11 Å². The largest absolute Gasteiger partial charge is 0.504 e. The highest BCUT2D eigenvalue weighted by Gasteiger charge is 1.92. The quantitative estimate of drug-likeness (QED) is 0.502. The molecule has 15 heavy (non-hydrogen) atoms. The minimum atomic E-state index is 1.19. The Kier molecular flexibility index (Phi) is 5.60. The third-order valence-corrected chi connectivity index (χ3v) is 2.45. The lowest BCUT2D eigenvalue weighted by Crippen LogP contribution is -1.85. The highest BCUT2D eigenvalue weighted by atomic mass is 16.5. The van der Waals surface area contributed by atoms with Gasteiger partial charge in [-0.2, -0.15) is 0 Å². The Balaban J connectivity index is 2.45. The second kappa shape index (κ2) is 7.10. The number of hydrogen-bond acceptors (Lipinski definition) is 1. The second-order valence-corrected chi connectivity index (χ2v) is 3.74. The van der Waals surface area contributed by atoms with E-state index in [2.05, 4.69) is 31.2 Å². The van der Waals surface area contributed by atoms with E-state index in [-0.39, 0.29) is 0 Å². The van der Waals surface area contributed by atoms with Crippen LogP contribution in [0.1, 0.15) is 37.3 Å². The highest BCUT2D eigenvalue weighted by molar-refractivity contribution is 5.48. The van der Waals surface area contributed by atoms with Gasteiger partial charge >= 0.3 is 0 Å². The Morgan fingerprint density at radius 2 is 1.87 bits per heavy atom. The summed E-state index contributed by atoms with van der Waals surface area (Å²) in [6.45, 7) is 2.23. The minimum absolute atomic E-state index is 1.19. The Morgan fingerprint density at radius 1 is 1.13 bits per heavy atom. The van der Waals surface area contributed by atoms with Gasteiger partial charge in [-0.3, -0.25) is 0 Å². The van der Waals surface area contributed by atoms with Crippen LogP contribution in [0, 0.1) is 0 Å². The van der Waals surface area contributed by atoms with E-state index >= 15 is 0 Å². The third kappa shape index (κ3) is 4.68. The zero-order valence-corrected chi connectivity index (χ0v) is 9.70. The molecule has 1 aromatic carbocycles. The van der Waals surface area contributed by atoms with E-state index in [4.69, 9.17) is 4.74 Å². The van der Waals surface area contributed by atoms with Gasteiger partial charge in [-0.05, 0) is 30.0 Å². The van der Waals surface area contributed by atoms with E-state index in [0.717, 1.165) is 0 Å². The normalized spacial score (nSPS) is 10.8. The van der Waals surface area contributed by atoms with Crippen molar-refractivity contribution in [2.24, 2.45) is 0 Å². The molecule has 1 nitrogen and oxygen atoms in total. The zero-order valence-electron chi connectivity index (χ0n) is 9.70. The van der Waals surface area contributed by atoms with Gasteiger partial charge in [0.05, 0.1) is 13.4 Å².